The van der Waals surface area contributed by atoms with Crippen molar-refractivity contribution in [1.29, 1.82) is 0 Å². The molecule has 33 heavy (non-hydrogen) atoms. The molecule has 1 aromatic carbocycles. The monoisotopic (exact) mass is 474 g/mol. The van der Waals surface area contributed by atoms with Gasteiger partial charge in [0.05, 0.1) is 17.7 Å². The molecule has 0 atom stereocenters. The van der Waals surface area contributed by atoms with Crippen LogP contribution in [0.25, 0.3) is 0 Å². The summed E-state index contributed by atoms with van der Waals surface area (Å²) in [5.74, 6) is -0.0619. The number of imide groups is 1. The predicted molar refractivity (Wildman–Crippen MR) is 118 cm³/mol. The Morgan fingerprint density at radius 1 is 1.15 bits per heavy atom. The van der Waals surface area contributed by atoms with Crippen LogP contribution in [0.1, 0.15) is 44.3 Å². The largest absolute Gasteiger partial charge is 0.468 e. The van der Waals surface area contributed by atoms with Gasteiger partial charge in [-0.1, -0.05) is 18.9 Å². The molecule has 0 unspecified atom stereocenters. The molecule has 1 aliphatic carbocycles. The van der Waals surface area contributed by atoms with Gasteiger partial charge in [-0.15, -0.1) is 0 Å². The SMILES string of the molecule is O=C(CCCN1C(=O)NC2(CCCC2)C1=O)Nc1cccc(S(=O)(=O)NCc2ccco2)c1. The van der Waals surface area contributed by atoms with Crippen LogP contribution in [0.4, 0.5) is 10.5 Å². The number of furan rings is 1. The molecule has 2 aromatic rings. The first kappa shape index (κ1) is 23.0. The highest BCUT2D eigenvalue weighted by Crippen LogP contribution is 2.35. The Bertz CT molecular complexity index is 1140. The fourth-order valence-electron chi connectivity index (χ4n) is 4.22. The summed E-state index contributed by atoms with van der Waals surface area (Å²) in [4.78, 5) is 38.4. The van der Waals surface area contributed by atoms with E-state index in [0.29, 0.717) is 30.7 Å². The third-order valence-corrected chi connectivity index (χ3v) is 7.33. The molecule has 2 heterocycles. The molecule has 1 saturated carbocycles. The van der Waals surface area contributed by atoms with E-state index in [4.69, 9.17) is 4.42 Å². The van der Waals surface area contributed by atoms with E-state index in [2.05, 4.69) is 15.4 Å². The van der Waals surface area contributed by atoms with Gasteiger partial charge in [-0.3, -0.25) is 14.5 Å². The zero-order valence-corrected chi connectivity index (χ0v) is 18.8. The smallest absolute Gasteiger partial charge is 0.325 e. The van der Waals surface area contributed by atoms with E-state index < -0.39 is 21.6 Å². The number of nitrogens with zero attached hydrogens (tertiary/aromatic N) is 1. The summed E-state index contributed by atoms with van der Waals surface area (Å²) in [5, 5.41) is 5.48. The number of carbonyl (C=O) groups excluding carboxylic acids is 3. The predicted octanol–water partition coefficient (Wildman–Crippen LogP) is 2.34. The number of amides is 4. The van der Waals surface area contributed by atoms with Gasteiger partial charge in [-0.2, -0.15) is 0 Å². The van der Waals surface area contributed by atoms with Gasteiger partial charge < -0.3 is 15.1 Å². The Labute approximate surface area is 191 Å². The minimum Gasteiger partial charge on any atom is -0.468 e. The molecule has 4 rings (SSSR count). The second-order valence-electron chi connectivity index (χ2n) is 8.26. The number of urea groups is 1. The Hall–Kier alpha value is -3.18. The van der Waals surface area contributed by atoms with E-state index in [1.54, 1.807) is 18.2 Å². The summed E-state index contributed by atoms with van der Waals surface area (Å²) in [7, 11) is -3.80. The van der Waals surface area contributed by atoms with Crippen LogP contribution in [-0.2, 0) is 26.2 Å². The second kappa shape index (κ2) is 9.36. The van der Waals surface area contributed by atoms with Crippen LogP contribution < -0.4 is 15.4 Å². The van der Waals surface area contributed by atoms with Crippen molar-refractivity contribution in [1.82, 2.24) is 14.9 Å². The number of hydrogen-bond donors (Lipinski definition) is 3. The minimum atomic E-state index is -3.80. The lowest BCUT2D eigenvalue weighted by Gasteiger charge is -2.19. The van der Waals surface area contributed by atoms with Gasteiger partial charge in [0.2, 0.25) is 15.9 Å². The van der Waals surface area contributed by atoms with Gasteiger partial charge in [-0.05, 0) is 49.6 Å². The van der Waals surface area contributed by atoms with Crippen LogP contribution >= 0.6 is 0 Å². The van der Waals surface area contributed by atoms with E-state index in [0.717, 1.165) is 12.8 Å². The van der Waals surface area contributed by atoms with Crippen molar-refractivity contribution in [3.63, 3.8) is 0 Å². The number of benzene rings is 1. The highest BCUT2D eigenvalue weighted by Gasteiger charge is 2.52. The molecule has 2 fully saturated rings. The Balaban J connectivity index is 1.28. The second-order valence-corrected chi connectivity index (χ2v) is 10.0. The molecule has 11 heteroatoms. The van der Waals surface area contributed by atoms with Crippen LogP contribution in [0.2, 0.25) is 0 Å². The lowest BCUT2D eigenvalue weighted by molar-refractivity contribution is -0.131. The number of hydrogen-bond acceptors (Lipinski definition) is 6. The van der Waals surface area contributed by atoms with Crippen molar-refractivity contribution in [2.45, 2.75) is 55.5 Å². The fourth-order valence-corrected chi connectivity index (χ4v) is 5.26. The molecular weight excluding hydrogens is 448 g/mol. The van der Waals surface area contributed by atoms with E-state index >= 15 is 0 Å². The number of carbonyl (C=O) groups is 3. The summed E-state index contributed by atoms with van der Waals surface area (Å²) in [5.41, 5.74) is -0.420. The molecular formula is C22H26N4O6S. The lowest BCUT2D eigenvalue weighted by atomic mass is 9.98. The van der Waals surface area contributed by atoms with Crippen LogP contribution in [0.15, 0.2) is 52.0 Å². The number of nitrogens with one attached hydrogen (secondary N) is 3. The Kier molecular flexibility index (Phi) is 6.52. The van der Waals surface area contributed by atoms with E-state index in [-0.39, 0.29) is 36.2 Å². The van der Waals surface area contributed by atoms with Gasteiger partial charge in [0.15, 0.2) is 0 Å². The minimum absolute atomic E-state index is 0.00746. The average molecular weight is 475 g/mol. The molecule has 0 radical (unpaired) electrons. The first-order valence-corrected chi connectivity index (χ1v) is 12.3. The third-order valence-electron chi connectivity index (χ3n) is 5.93. The highest BCUT2D eigenvalue weighted by atomic mass is 32.2. The number of anilines is 1. The van der Waals surface area contributed by atoms with Gasteiger partial charge in [0.25, 0.3) is 5.91 Å². The maximum absolute atomic E-state index is 12.6. The number of rotatable bonds is 9. The topological polar surface area (TPSA) is 138 Å². The first-order chi connectivity index (χ1) is 15.8. The zero-order chi connectivity index (χ0) is 23.5. The number of sulfonamides is 1. The van der Waals surface area contributed by atoms with Crippen molar-refractivity contribution in [3.05, 3.63) is 48.4 Å². The molecule has 1 spiro atoms. The van der Waals surface area contributed by atoms with Crippen LogP contribution in [0.5, 0.6) is 0 Å². The summed E-state index contributed by atoms with van der Waals surface area (Å²) >= 11 is 0. The molecule has 2 aliphatic rings. The zero-order valence-electron chi connectivity index (χ0n) is 18.0. The van der Waals surface area contributed by atoms with E-state index in [1.807, 2.05) is 0 Å². The van der Waals surface area contributed by atoms with E-state index in [9.17, 15) is 22.8 Å². The lowest BCUT2D eigenvalue weighted by Crippen LogP contribution is -2.44. The summed E-state index contributed by atoms with van der Waals surface area (Å²) < 4.78 is 32.6. The van der Waals surface area contributed by atoms with E-state index in [1.165, 1.54) is 29.4 Å². The molecule has 1 aliphatic heterocycles. The average Bonchev–Trinajstić information content (AvgIpc) is 3.52. The standard InChI is InChI=1S/C22H26N4O6S/c27-19(9-4-12-26-20(28)22(25-21(26)29)10-1-2-11-22)24-16-6-3-8-18(14-16)33(30,31)23-15-17-7-5-13-32-17/h3,5-8,13-14,23H,1-2,4,9-12,15H2,(H,24,27)(H,25,29). The molecule has 176 valence electrons. The van der Waals surface area contributed by atoms with Gasteiger partial charge in [0.1, 0.15) is 11.3 Å². The molecule has 1 saturated heterocycles. The van der Waals surface area contributed by atoms with Gasteiger partial charge in [0, 0.05) is 18.7 Å². The normalized spacial score (nSPS) is 17.5. The summed E-state index contributed by atoms with van der Waals surface area (Å²) in [6.45, 7) is 0.168. The molecule has 1 aromatic heterocycles. The molecule has 10 nitrogen and oxygen atoms in total. The maximum atomic E-state index is 12.6. The summed E-state index contributed by atoms with van der Waals surface area (Å²) in [6.07, 6.45) is 4.99. The van der Waals surface area contributed by atoms with Crippen molar-refractivity contribution >= 4 is 33.6 Å². The molecule has 4 amide bonds. The first-order valence-electron chi connectivity index (χ1n) is 10.9. The Morgan fingerprint density at radius 2 is 1.94 bits per heavy atom. The fraction of sp³-hybridized carbons (Fsp3) is 0.409. The van der Waals surface area contributed by atoms with Gasteiger partial charge >= 0.3 is 6.03 Å². The van der Waals surface area contributed by atoms with Crippen molar-refractivity contribution in [3.8, 4) is 0 Å². The maximum Gasteiger partial charge on any atom is 0.325 e. The van der Waals surface area contributed by atoms with Crippen LogP contribution in [0, 0.1) is 0 Å². The van der Waals surface area contributed by atoms with Crippen LogP contribution in [-0.4, -0.2) is 43.2 Å². The van der Waals surface area contributed by atoms with Gasteiger partial charge in [-0.25, -0.2) is 17.9 Å². The molecule has 3 N–H and O–H groups in total. The van der Waals surface area contributed by atoms with Crippen molar-refractivity contribution in [2.24, 2.45) is 0 Å². The third kappa shape index (κ3) is 5.09. The summed E-state index contributed by atoms with van der Waals surface area (Å²) in [6, 6.07) is 8.84. The van der Waals surface area contributed by atoms with Crippen molar-refractivity contribution in [2.75, 3.05) is 11.9 Å². The van der Waals surface area contributed by atoms with Crippen LogP contribution in [0.3, 0.4) is 0 Å². The molecule has 0 bridgehead atoms. The highest BCUT2D eigenvalue weighted by molar-refractivity contribution is 7.89. The quantitative estimate of drug-likeness (QED) is 0.477. The Morgan fingerprint density at radius 3 is 2.67 bits per heavy atom. The van der Waals surface area contributed by atoms with Crippen molar-refractivity contribution < 1.29 is 27.2 Å².